The summed E-state index contributed by atoms with van der Waals surface area (Å²) in [4.78, 5) is 28.6. The van der Waals surface area contributed by atoms with E-state index in [9.17, 15) is 14.0 Å². The maximum atomic E-state index is 13.4. The van der Waals surface area contributed by atoms with Gasteiger partial charge in [0.2, 0.25) is 0 Å². The molecule has 1 aromatic heterocycles. The minimum atomic E-state index is -0.441. The van der Waals surface area contributed by atoms with Crippen molar-refractivity contribution in [3.05, 3.63) is 28.8 Å². The van der Waals surface area contributed by atoms with E-state index in [1.165, 1.54) is 30.6 Å². The molecule has 0 saturated heterocycles. The Morgan fingerprint density at radius 2 is 2.13 bits per heavy atom. The molecule has 0 radical (unpaired) electrons. The normalized spacial score (nSPS) is 16.2. The van der Waals surface area contributed by atoms with Crippen molar-refractivity contribution in [3.63, 3.8) is 0 Å². The van der Waals surface area contributed by atoms with Crippen LogP contribution in [0.2, 0.25) is 0 Å². The average Bonchev–Trinajstić information content (AvgIpc) is 3.16. The number of hydrogen-bond donors (Lipinski definition) is 0. The molecule has 5 nitrogen and oxygen atoms in total. The summed E-state index contributed by atoms with van der Waals surface area (Å²) in [5, 5.41) is 0. The number of rotatable bonds is 3. The van der Waals surface area contributed by atoms with Crippen LogP contribution >= 0.6 is 11.3 Å². The molecule has 0 bridgehead atoms. The first kappa shape index (κ1) is 15.9. The van der Waals surface area contributed by atoms with E-state index in [1.54, 1.807) is 10.6 Å². The number of hydrogen-bond acceptors (Lipinski definition) is 4. The van der Waals surface area contributed by atoms with Gasteiger partial charge >= 0.3 is 5.97 Å². The molecule has 1 fully saturated rings. The third kappa shape index (κ3) is 3.34. The topological polar surface area (TPSA) is 60.7 Å². The number of carbonyl (C=O) groups excluding carboxylic acids is 2. The smallest absolute Gasteiger partial charge is 0.325 e. The highest BCUT2D eigenvalue weighted by molar-refractivity contribution is 7.16. The number of benzene rings is 1. The summed E-state index contributed by atoms with van der Waals surface area (Å²) in [7, 11) is 1.30. The monoisotopic (exact) mass is 336 g/mol. The van der Waals surface area contributed by atoms with Gasteiger partial charge in [0.1, 0.15) is 12.4 Å². The molecule has 7 heteroatoms. The van der Waals surface area contributed by atoms with Crippen molar-refractivity contribution < 1.29 is 18.7 Å². The summed E-state index contributed by atoms with van der Waals surface area (Å²) in [5.41, 5.74) is 0.666. The van der Waals surface area contributed by atoms with Crippen LogP contribution in [-0.4, -0.2) is 23.6 Å². The lowest BCUT2D eigenvalue weighted by Crippen LogP contribution is -2.23. The summed E-state index contributed by atoms with van der Waals surface area (Å²) >= 11 is 1.21. The van der Waals surface area contributed by atoms with Gasteiger partial charge in [-0.2, -0.15) is 4.99 Å². The lowest BCUT2D eigenvalue weighted by molar-refractivity contribution is -0.141. The second-order valence-electron chi connectivity index (χ2n) is 5.59. The lowest BCUT2D eigenvalue weighted by atomic mass is 10.1. The summed E-state index contributed by atoms with van der Waals surface area (Å²) < 4.78 is 20.4. The number of halogens is 1. The van der Waals surface area contributed by atoms with Crippen LogP contribution in [-0.2, 0) is 20.9 Å². The molecule has 0 spiro atoms. The van der Waals surface area contributed by atoms with Crippen molar-refractivity contribution >= 4 is 33.4 Å². The Morgan fingerprint density at radius 3 is 2.83 bits per heavy atom. The molecule has 23 heavy (non-hydrogen) atoms. The molecule has 1 heterocycles. The van der Waals surface area contributed by atoms with Crippen LogP contribution in [0.4, 0.5) is 4.39 Å². The standard InChI is InChI=1S/C16H17FN2O3S/c1-22-14(20)9-19-12-7-6-11(17)8-13(12)23-16(19)18-15(21)10-4-2-3-5-10/h6-8,10H,2-5,9H2,1H3. The number of nitrogens with zero attached hydrogens (tertiary/aromatic N) is 2. The maximum Gasteiger partial charge on any atom is 0.325 e. The van der Waals surface area contributed by atoms with E-state index in [-0.39, 0.29) is 24.2 Å². The molecule has 1 aromatic carbocycles. The molecule has 0 aliphatic heterocycles. The van der Waals surface area contributed by atoms with E-state index >= 15 is 0 Å². The van der Waals surface area contributed by atoms with Crippen molar-refractivity contribution in [3.8, 4) is 0 Å². The quantitative estimate of drug-likeness (QED) is 0.810. The molecule has 1 saturated carbocycles. The molecule has 3 rings (SSSR count). The molecule has 2 aromatic rings. The van der Waals surface area contributed by atoms with Gasteiger partial charge in [-0.05, 0) is 31.0 Å². The first-order valence-electron chi connectivity index (χ1n) is 7.53. The second kappa shape index (κ2) is 6.62. The van der Waals surface area contributed by atoms with Crippen LogP contribution in [0.5, 0.6) is 0 Å². The zero-order valence-electron chi connectivity index (χ0n) is 12.8. The third-order valence-corrected chi connectivity index (χ3v) is 5.11. The van der Waals surface area contributed by atoms with Crippen LogP contribution in [0.25, 0.3) is 10.2 Å². The van der Waals surface area contributed by atoms with Crippen LogP contribution in [0.1, 0.15) is 25.7 Å². The van der Waals surface area contributed by atoms with Crippen molar-refractivity contribution in [2.75, 3.05) is 7.11 Å². The maximum absolute atomic E-state index is 13.4. The van der Waals surface area contributed by atoms with Gasteiger partial charge in [-0.15, -0.1) is 0 Å². The van der Waals surface area contributed by atoms with Gasteiger partial charge in [0, 0.05) is 5.92 Å². The lowest BCUT2D eigenvalue weighted by Gasteiger charge is -2.05. The summed E-state index contributed by atoms with van der Waals surface area (Å²) in [6, 6.07) is 4.29. The molecule has 0 N–H and O–H groups in total. The summed E-state index contributed by atoms with van der Waals surface area (Å²) in [6.07, 6.45) is 3.81. The van der Waals surface area contributed by atoms with Gasteiger partial charge < -0.3 is 9.30 Å². The van der Waals surface area contributed by atoms with Gasteiger partial charge in [0.15, 0.2) is 4.80 Å². The predicted molar refractivity (Wildman–Crippen MR) is 84.3 cm³/mol. The molecular weight excluding hydrogens is 319 g/mol. The molecule has 1 aliphatic rings. The number of aromatic nitrogens is 1. The van der Waals surface area contributed by atoms with Crippen molar-refractivity contribution in [2.24, 2.45) is 10.9 Å². The largest absolute Gasteiger partial charge is 0.468 e. The minimum Gasteiger partial charge on any atom is -0.468 e. The molecular formula is C16H17FN2O3S. The number of esters is 1. The van der Waals surface area contributed by atoms with Crippen molar-refractivity contribution in [2.45, 2.75) is 32.2 Å². The Hall–Kier alpha value is -2.02. The fraction of sp³-hybridized carbons (Fsp3) is 0.438. The highest BCUT2D eigenvalue weighted by Gasteiger charge is 2.22. The van der Waals surface area contributed by atoms with Crippen LogP contribution < -0.4 is 4.80 Å². The van der Waals surface area contributed by atoms with E-state index in [1.807, 2.05) is 0 Å². The average molecular weight is 336 g/mol. The van der Waals surface area contributed by atoms with Crippen molar-refractivity contribution in [1.82, 2.24) is 4.57 Å². The fourth-order valence-electron chi connectivity index (χ4n) is 2.84. The van der Waals surface area contributed by atoms with Gasteiger partial charge in [-0.1, -0.05) is 24.2 Å². The number of thiazole rings is 1. The molecule has 0 atom stereocenters. The highest BCUT2D eigenvalue weighted by atomic mass is 32.1. The summed E-state index contributed by atoms with van der Waals surface area (Å²) in [6.45, 7) is -0.0566. The van der Waals surface area contributed by atoms with Gasteiger partial charge in [-0.3, -0.25) is 9.59 Å². The molecule has 0 unspecified atom stereocenters. The second-order valence-corrected chi connectivity index (χ2v) is 6.60. The minimum absolute atomic E-state index is 0.0384. The number of ether oxygens (including phenoxy) is 1. The number of carbonyl (C=O) groups is 2. The highest BCUT2D eigenvalue weighted by Crippen LogP contribution is 2.26. The van der Waals surface area contributed by atoms with Gasteiger partial charge in [-0.25, -0.2) is 4.39 Å². The van der Waals surface area contributed by atoms with E-state index in [0.29, 0.717) is 15.0 Å². The van der Waals surface area contributed by atoms with Gasteiger partial charge in [0.25, 0.3) is 5.91 Å². The fourth-order valence-corrected chi connectivity index (χ4v) is 3.90. The van der Waals surface area contributed by atoms with Crippen LogP contribution in [0.3, 0.4) is 0 Å². The SMILES string of the molecule is COC(=O)Cn1c(=NC(=O)C2CCCC2)sc2cc(F)ccc21. The molecule has 1 amide bonds. The number of fused-ring (bicyclic) bond motifs is 1. The van der Waals surface area contributed by atoms with E-state index < -0.39 is 5.97 Å². The van der Waals surface area contributed by atoms with Gasteiger partial charge in [0.05, 0.1) is 17.3 Å². The number of amides is 1. The Balaban J connectivity index is 2.08. The predicted octanol–water partition coefficient (Wildman–Crippen LogP) is 2.63. The van der Waals surface area contributed by atoms with Crippen molar-refractivity contribution in [1.29, 1.82) is 0 Å². The number of methoxy groups -OCH3 is 1. The Labute approximate surface area is 136 Å². The first-order valence-corrected chi connectivity index (χ1v) is 8.34. The first-order chi connectivity index (χ1) is 11.1. The zero-order chi connectivity index (χ0) is 16.4. The van der Waals surface area contributed by atoms with E-state index in [0.717, 1.165) is 25.7 Å². The Bertz CT molecular complexity index is 818. The zero-order valence-corrected chi connectivity index (χ0v) is 13.6. The van der Waals surface area contributed by atoms with E-state index in [4.69, 9.17) is 4.74 Å². The molecule has 1 aliphatic carbocycles. The Kier molecular flexibility index (Phi) is 4.56. The van der Waals surface area contributed by atoms with Crippen LogP contribution in [0, 0.1) is 11.7 Å². The Morgan fingerprint density at radius 1 is 1.39 bits per heavy atom. The molecule has 122 valence electrons. The third-order valence-electron chi connectivity index (χ3n) is 4.07. The summed E-state index contributed by atoms with van der Waals surface area (Å²) in [5.74, 6) is -1.00. The van der Waals surface area contributed by atoms with E-state index in [2.05, 4.69) is 4.99 Å². The van der Waals surface area contributed by atoms with Crippen LogP contribution in [0.15, 0.2) is 23.2 Å².